The predicted octanol–water partition coefficient (Wildman–Crippen LogP) is 1.80. The fraction of sp³-hybridized carbons (Fsp3) is 0.438. The highest BCUT2D eigenvalue weighted by atomic mass is 32.2. The first kappa shape index (κ1) is 20.0. The van der Waals surface area contributed by atoms with Gasteiger partial charge >= 0.3 is 0 Å². The lowest BCUT2D eigenvalue weighted by Gasteiger charge is -2.17. The molecule has 0 saturated heterocycles. The molecule has 1 amide bonds. The Morgan fingerprint density at radius 3 is 2.58 bits per heavy atom. The first-order valence-electron chi connectivity index (χ1n) is 8.01. The number of aromatic nitrogens is 2. The largest absolute Gasteiger partial charge is 0.345 e. The monoisotopic (exact) mass is 384 g/mol. The van der Waals surface area contributed by atoms with Crippen molar-refractivity contribution in [3.05, 3.63) is 41.8 Å². The van der Waals surface area contributed by atoms with Crippen LogP contribution in [-0.4, -0.2) is 42.4 Å². The van der Waals surface area contributed by atoms with Crippen molar-refractivity contribution < 1.29 is 22.1 Å². The molecule has 1 N–H and O–H groups in total. The van der Waals surface area contributed by atoms with Crippen LogP contribution in [0.4, 0.5) is 4.39 Å². The third-order valence-electron chi connectivity index (χ3n) is 3.69. The van der Waals surface area contributed by atoms with Crippen molar-refractivity contribution in [2.75, 3.05) is 13.6 Å². The number of benzene rings is 1. The summed E-state index contributed by atoms with van der Waals surface area (Å²) in [6.07, 6.45) is 0.471. The molecule has 10 heteroatoms. The fourth-order valence-electron chi connectivity index (χ4n) is 2.23. The Kier molecular flexibility index (Phi) is 6.43. The summed E-state index contributed by atoms with van der Waals surface area (Å²) in [5, 5.41) is 6.37. The number of nitrogens with one attached hydrogen (secondary N) is 1. The van der Waals surface area contributed by atoms with Gasteiger partial charge in [0.2, 0.25) is 21.8 Å². The van der Waals surface area contributed by atoms with Crippen LogP contribution in [0.1, 0.15) is 37.5 Å². The molecule has 0 fully saturated rings. The molecule has 0 radical (unpaired) electrons. The fourth-order valence-corrected chi connectivity index (χ4v) is 3.44. The van der Waals surface area contributed by atoms with Gasteiger partial charge in [0, 0.05) is 20.0 Å². The molecule has 8 nitrogen and oxygen atoms in total. The van der Waals surface area contributed by atoms with Crippen LogP contribution in [0.15, 0.2) is 33.7 Å². The third kappa shape index (κ3) is 5.09. The Balaban J connectivity index is 1.82. The van der Waals surface area contributed by atoms with Crippen molar-refractivity contribution >= 4 is 15.9 Å². The van der Waals surface area contributed by atoms with Gasteiger partial charge in [-0.05, 0) is 44.5 Å². The molecule has 0 spiro atoms. The predicted molar refractivity (Wildman–Crippen MR) is 91.0 cm³/mol. The van der Waals surface area contributed by atoms with Gasteiger partial charge in [0.1, 0.15) is 11.9 Å². The van der Waals surface area contributed by atoms with Gasteiger partial charge in [-0.15, -0.1) is 0 Å². The lowest BCUT2D eigenvalue weighted by Crippen LogP contribution is -2.30. The molecule has 0 aliphatic carbocycles. The lowest BCUT2D eigenvalue weighted by molar-refractivity contribution is -0.122. The zero-order valence-electron chi connectivity index (χ0n) is 14.8. The van der Waals surface area contributed by atoms with Crippen LogP contribution in [-0.2, 0) is 14.8 Å². The van der Waals surface area contributed by atoms with E-state index in [9.17, 15) is 17.6 Å². The molecule has 1 aromatic carbocycles. The first-order chi connectivity index (χ1) is 12.2. The summed E-state index contributed by atoms with van der Waals surface area (Å²) in [6.45, 7) is 3.55. The number of rotatable bonds is 8. The third-order valence-corrected chi connectivity index (χ3v) is 5.56. The van der Waals surface area contributed by atoms with Gasteiger partial charge < -0.3 is 9.84 Å². The van der Waals surface area contributed by atoms with E-state index in [1.165, 1.54) is 19.2 Å². The maximum Gasteiger partial charge on any atom is 0.248 e. The smallest absolute Gasteiger partial charge is 0.248 e. The quantitative estimate of drug-likeness (QED) is 0.744. The summed E-state index contributed by atoms with van der Waals surface area (Å²) < 4.78 is 43.8. The molecule has 0 aliphatic heterocycles. The summed E-state index contributed by atoms with van der Waals surface area (Å²) in [6, 6.07) is 4.18. The van der Waals surface area contributed by atoms with Crippen LogP contribution in [0.25, 0.3) is 0 Å². The van der Waals surface area contributed by atoms with Crippen molar-refractivity contribution in [1.82, 2.24) is 19.8 Å². The van der Waals surface area contributed by atoms with Gasteiger partial charge in [0.25, 0.3) is 0 Å². The summed E-state index contributed by atoms with van der Waals surface area (Å²) >= 11 is 0. The zero-order chi connectivity index (χ0) is 19.3. The number of amides is 1. The number of carbonyl (C=O) groups is 1. The number of nitrogens with zero attached hydrogens (tertiary/aromatic N) is 3. The van der Waals surface area contributed by atoms with E-state index in [4.69, 9.17) is 4.52 Å². The lowest BCUT2D eigenvalue weighted by atomic mass is 10.2. The Morgan fingerprint density at radius 2 is 2.00 bits per heavy atom. The van der Waals surface area contributed by atoms with Crippen molar-refractivity contribution in [1.29, 1.82) is 0 Å². The van der Waals surface area contributed by atoms with Gasteiger partial charge in [-0.2, -0.15) is 4.98 Å². The van der Waals surface area contributed by atoms with Crippen LogP contribution >= 0.6 is 0 Å². The molecule has 0 bridgehead atoms. The van der Waals surface area contributed by atoms with Crippen LogP contribution < -0.4 is 5.32 Å². The maximum absolute atomic E-state index is 12.9. The summed E-state index contributed by atoms with van der Waals surface area (Å²) in [7, 11) is -2.30. The van der Waals surface area contributed by atoms with Crippen molar-refractivity contribution in [3.8, 4) is 0 Å². The molecule has 1 unspecified atom stereocenters. The molecule has 142 valence electrons. The number of hydrogen-bond donors (Lipinski definition) is 1. The highest BCUT2D eigenvalue weighted by Gasteiger charge is 2.21. The number of sulfonamides is 1. The van der Waals surface area contributed by atoms with Gasteiger partial charge in [-0.25, -0.2) is 17.1 Å². The second kappa shape index (κ2) is 8.37. The summed E-state index contributed by atoms with van der Waals surface area (Å²) in [5.74, 6) is 0.0374. The molecule has 2 rings (SSSR count). The van der Waals surface area contributed by atoms with E-state index in [1.54, 1.807) is 13.8 Å². The normalized spacial score (nSPS) is 13.0. The van der Waals surface area contributed by atoms with Crippen molar-refractivity contribution in [3.63, 3.8) is 0 Å². The maximum atomic E-state index is 12.9. The molecule has 1 aromatic heterocycles. The molecule has 1 heterocycles. The van der Waals surface area contributed by atoms with Gasteiger partial charge in [-0.1, -0.05) is 5.16 Å². The van der Waals surface area contributed by atoms with Crippen molar-refractivity contribution in [2.24, 2.45) is 0 Å². The van der Waals surface area contributed by atoms with Gasteiger partial charge in [0.15, 0.2) is 5.82 Å². The average Bonchev–Trinajstić information content (AvgIpc) is 3.01. The molecule has 26 heavy (non-hydrogen) atoms. The first-order valence-corrected chi connectivity index (χ1v) is 9.45. The van der Waals surface area contributed by atoms with E-state index in [2.05, 4.69) is 15.5 Å². The Labute approximate surface area is 151 Å². The van der Waals surface area contributed by atoms with E-state index in [1.807, 2.05) is 0 Å². The Morgan fingerprint density at radius 1 is 1.35 bits per heavy atom. The number of hydrogen-bond acceptors (Lipinski definition) is 6. The number of halogens is 1. The standard InChI is InChI=1S/C16H21FN4O4S/c1-11(16-19-12(2)20-25-16)18-15(22)5-4-10-21(3)26(23,24)14-8-6-13(17)7-9-14/h6-9,11H,4-5,10H2,1-3H3,(H,18,22). The SMILES string of the molecule is Cc1noc(C(C)NC(=O)CCCN(C)S(=O)(=O)c2ccc(F)cc2)n1. The number of carbonyl (C=O) groups excluding carboxylic acids is 1. The second-order valence-electron chi connectivity index (χ2n) is 5.85. The highest BCUT2D eigenvalue weighted by Crippen LogP contribution is 2.15. The van der Waals surface area contributed by atoms with E-state index >= 15 is 0 Å². The zero-order valence-corrected chi connectivity index (χ0v) is 15.6. The minimum atomic E-state index is -3.72. The van der Waals surface area contributed by atoms with E-state index in [-0.39, 0.29) is 23.8 Å². The molecule has 0 saturated carbocycles. The molecule has 2 aromatic rings. The number of aryl methyl sites for hydroxylation is 1. The average molecular weight is 384 g/mol. The minimum absolute atomic E-state index is 0.00578. The molecule has 1 atom stereocenters. The minimum Gasteiger partial charge on any atom is -0.345 e. The topological polar surface area (TPSA) is 105 Å². The van der Waals surface area contributed by atoms with E-state index in [0.717, 1.165) is 16.4 Å². The van der Waals surface area contributed by atoms with Crippen LogP contribution in [0, 0.1) is 12.7 Å². The highest BCUT2D eigenvalue weighted by molar-refractivity contribution is 7.89. The van der Waals surface area contributed by atoms with Crippen LogP contribution in [0.2, 0.25) is 0 Å². The van der Waals surface area contributed by atoms with Crippen LogP contribution in [0.3, 0.4) is 0 Å². The molecular weight excluding hydrogens is 363 g/mol. The molecular formula is C16H21FN4O4S. The van der Waals surface area contributed by atoms with Crippen LogP contribution in [0.5, 0.6) is 0 Å². The summed E-state index contributed by atoms with van der Waals surface area (Å²) in [4.78, 5) is 16.0. The van der Waals surface area contributed by atoms with E-state index in [0.29, 0.717) is 18.1 Å². The van der Waals surface area contributed by atoms with Gasteiger partial charge in [0.05, 0.1) is 4.90 Å². The Hall–Kier alpha value is -2.33. The Bertz CT molecular complexity index is 851. The summed E-state index contributed by atoms with van der Waals surface area (Å²) in [5.41, 5.74) is 0. The second-order valence-corrected chi connectivity index (χ2v) is 7.90. The van der Waals surface area contributed by atoms with E-state index < -0.39 is 21.9 Å². The molecule has 0 aliphatic rings. The van der Waals surface area contributed by atoms with Gasteiger partial charge in [-0.3, -0.25) is 4.79 Å². The van der Waals surface area contributed by atoms with Crippen molar-refractivity contribution in [2.45, 2.75) is 37.6 Å².